The number of nitrogens with one attached hydrogen (secondary N) is 1. The molecule has 0 aromatic carbocycles. The predicted molar refractivity (Wildman–Crippen MR) is 49.0 cm³/mol. The standard InChI is InChI=1S/C8H20N2O2/c1-2-8(11)7-12-6-5-10-4-3-9/h8,10-11H,2-7,9H2,1H3. The van der Waals surface area contributed by atoms with E-state index in [2.05, 4.69) is 5.32 Å². The molecule has 4 N–H and O–H groups in total. The molecule has 0 saturated carbocycles. The van der Waals surface area contributed by atoms with Gasteiger partial charge in [-0.1, -0.05) is 6.92 Å². The van der Waals surface area contributed by atoms with E-state index in [4.69, 9.17) is 15.6 Å². The third-order valence-electron chi connectivity index (χ3n) is 1.53. The number of hydrogen-bond acceptors (Lipinski definition) is 4. The van der Waals surface area contributed by atoms with Crippen molar-refractivity contribution < 1.29 is 9.84 Å². The van der Waals surface area contributed by atoms with Crippen LogP contribution in [0.5, 0.6) is 0 Å². The molecular formula is C8H20N2O2. The fourth-order valence-corrected chi connectivity index (χ4v) is 0.709. The molecule has 4 heteroatoms. The lowest BCUT2D eigenvalue weighted by atomic mass is 10.3. The molecule has 0 rings (SSSR count). The topological polar surface area (TPSA) is 67.5 Å². The molecule has 1 unspecified atom stereocenters. The number of nitrogens with two attached hydrogens (primary N) is 1. The maximum atomic E-state index is 9.10. The van der Waals surface area contributed by atoms with Crippen LogP contribution in [-0.4, -0.2) is 44.1 Å². The van der Waals surface area contributed by atoms with E-state index >= 15 is 0 Å². The smallest absolute Gasteiger partial charge is 0.0771 e. The molecule has 0 spiro atoms. The van der Waals surface area contributed by atoms with Crippen molar-refractivity contribution in [2.45, 2.75) is 19.4 Å². The highest BCUT2D eigenvalue weighted by Crippen LogP contribution is 1.89. The van der Waals surface area contributed by atoms with Crippen molar-refractivity contribution in [2.24, 2.45) is 5.73 Å². The van der Waals surface area contributed by atoms with Crippen molar-refractivity contribution in [3.8, 4) is 0 Å². The Morgan fingerprint density at radius 2 is 2.25 bits per heavy atom. The SMILES string of the molecule is CCC(O)COCCNCCN. The molecule has 0 aromatic rings. The summed E-state index contributed by atoms with van der Waals surface area (Å²) < 4.78 is 5.18. The minimum absolute atomic E-state index is 0.320. The van der Waals surface area contributed by atoms with Crippen LogP contribution in [0.3, 0.4) is 0 Å². The molecule has 0 amide bonds. The Balaban J connectivity index is 2.90. The average Bonchev–Trinajstić information content (AvgIpc) is 2.10. The van der Waals surface area contributed by atoms with Gasteiger partial charge < -0.3 is 20.9 Å². The second-order valence-electron chi connectivity index (χ2n) is 2.68. The van der Waals surface area contributed by atoms with Gasteiger partial charge >= 0.3 is 0 Å². The van der Waals surface area contributed by atoms with E-state index in [1.807, 2.05) is 6.92 Å². The van der Waals surface area contributed by atoms with Gasteiger partial charge in [0.1, 0.15) is 0 Å². The van der Waals surface area contributed by atoms with Gasteiger partial charge in [-0.05, 0) is 6.42 Å². The Labute approximate surface area is 74.1 Å². The molecule has 0 aliphatic carbocycles. The van der Waals surface area contributed by atoms with Crippen LogP contribution in [0.1, 0.15) is 13.3 Å². The summed E-state index contributed by atoms with van der Waals surface area (Å²) >= 11 is 0. The van der Waals surface area contributed by atoms with Gasteiger partial charge in [-0.2, -0.15) is 0 Å². The van der Waals surface area contributed by atoms with E-state index < -0.39 is 0 Å². The van der Waals surface area contributed by atoms with Crippen molar-refractivity contribution >= 4 is 0 Å². The molecule has 1 atom stereocenters. The van der Waals surface area contributed by atoms with Gasteiger partial charge in [-0.15, -0.1) is 0 Å². The van der Waals surface area contributed by atoms with Gasteiger partial charge in [0.15, 0.2) is 0 Å². The van der Waals surface area contributed by atoms with Gasteiger partial charge in [-0.25, -0.2) is 0 Å². The van der Waals surface area contributed by atoms with Crippen molar-refractivity contribution in [1.82, 2.24) is 5.32 Å². The Hall–Kier alpha value is -0.160. The summed E-state index contributed by atoms with van der Waals surface area (Å²) in [6, 6.07) is 0. The minimum atomic E-state index is -0.320. The van der Waals surface area contributed by atoms with Gasteiger partial charge in [0.2, 0.25) is 0 Å². The van der Waals surface area contributed by atoms with Crippen LogP contribution >= 0.6 is 0 Å². The van der Waals surface area contributed by atoms with Crippen molar-refractivity contribution in [2.75, 3.05) is 32.8 Å². The Morgan fingerprint density at radius 3 is 2.83 bits per heavy atom. The zero-order chi connectivity index (χ0) is 9.23. The largest absolute Gasteiger partial charge is 0.391 e. The first-order chi connectivity index (χ1) is 5.81. The van der Waals surface area contributed by atoms with Crippen LogP contribution in [0.15, 0.2) is 0 Å². The fourth-order valence-electron chi connectivity index (χ4n) is 0.709. The summed E-state index contributed by atoms with van der Waals surface area (Å²) in [7, 11) is 0. The third-order valence-corrected chi connectivity index (χ3v) is 1.53. The summed E-state index contributed by atoms with van der Waals surface area (Å²) in [5.41, 5.74) is 5.27. The lowest BCUT2D eigenvalue weighted by molar-refractivity contribution is 0.0364. The molecule has 0 radical (unpaired) electrons. The number of ether oxygens (including phenoxy) is 1. The number of aliphatic hydroxyl groups excluding tert-OH is 1. The van der Waals surface area contributed by atoms with Gasteiger partial charge in [0.25, 0.3) is 0 Å². The first-order valence-corrected chi connectivity index (χ1v) is 4.47. The lowest BCUT2D eigenvalue weighted by Crippen LogP contribution is -2.27. The Morgan fingerprint density at radius 1 is 1.50 bits per heavy atom. The normalized spacial score (nSPS) is 13.2. The highest BCUT2D eigenvalue weighted by atomic mass is 16.5. The van der Waals surface area contributed by atoms with Gasteiger partial charge in [-0.3, -0.25) is 0 Å². The van der Waals surface area contributed by atoms with E-state index in [1.54, 1.807) is 0 Å². The monoisotopic (exact) mass is 176 g/mol. The second-order valence-corrected chi connectivity index (χ2v) is 2.68. The Bertz CT molecular complexity index is 91.1. The molecule has 0 aliphatic heterocycles. The second kappa shape index (κ2) is 8.93. The van der Waals surface area contributed by atoms with Crippen LogP contribution < -0.4 is 11.1 Å². The van der Waals surface area contributed by atoms with Gasteiger partial charge in [0.05, 0.1) is 19.3 Å². The molecule has 0 bridgehead atoms. The van der Waals surface area contributed by atoms with Crippen LogP contribution in [0, 0.1) is 0 Å². The number of hydrogen-bond donors (Lipinski definition) is 3. The molecule has 12 heavy (non-hydrogen) atoms. The molecule has 0 fully saturated rings. The first kappa shape index (κ1) is 11.8. The van der Waals surface area contributed by atoms with Crippen molar-refractivity contribution in [1.29, 1.82) is 0 Å². The molecule has 74 valence electrons. The van der Waals surface area contributed by atoms with E-state index in [-0.39, 0.29) is 6.10 Å². The Kier molecular flexibility index (Phi) is 8.81. The molecule has 4 nitrogen and oxygen atoms in total. The molecular weight excluding hydrogens is 156 g/mol. The van der Waals surface area contributed by atoms with Crippen LogP contribution in [-0.2, 0) is 4.74 Å². The maximum absolute atomic E-state index is 9.10. The highest BCUT2D eigenvalue weighted by molar-refractivity contribution is 4.50. The van der Waals surface area contributed by atoms with E-state index in [9.17, 15) is 0 Å². The zero-order valence-electron chi connectivity index (χ0n) is 7.75. The van der Waals surface area contributed by atoms with E-state index in [0.717, 1.165) is 19.5 Å². The minimum Gasteiger partial charge on any atom is -0.391 e. The van der Waals surface area contributed by atoms with E-state index in [0.29, 0.717) is 19.8 Å². The van der Waals surface area contributed by atoms with E-state index in [1.165, 1.54) is 0 Å². The third kappa shape index (κ3) is 7.94. The summed E-state index contributed by atoms with van der Waals surface area (Å²) in [6.07, 6.45) is 0.426. The molecule has 0 saturated heterocycles. The van der Waals surface area contributed by atoms with Crippen LogP contribution in [0.2, 0.25) is 0 Å². The molecule has 0 heterocycles. The van der Waals surface area contributed by atoms with Crippen molar-refractivity contribution in [3.05, 3.63) is 0 Å². The maximum Gasteiger partial charge on any atom is 0.0771 e. The average molecular weight is 176 g/mol. The summed E-state index contributed by atoms with van der Waals surface area (Å²) in [5, 5.41) is 12.2. The summed E-state index contributed by atoms with van der Waals surface area (Å²) in [5.74, 6) is 0. The summed E-state index contributed by atoms with van der Waals surface area (Å²) in [4.78, 5) is 0. The van der Waals surface area contributed by atoms with Crippen LogP contribution in [0.25, 0.3) is 0 Å². The lowest BCUT2D eigenvalue weighted by Gasteiger charge is -2.08. The predicted octanol–water partition coefficient (Wildman–Crippen LogP) is -0.678. The fraction of sp³-hybridized carbons (Fsp3) is 1.00. The summed E-state index contributed by atoms with van der Waals surface area (Å²) in [6.45, 7) is 5.27. The molecule has 0 aliphatic rings. The van der Waals surface area contributed by atoms with Crippen molar-refractivity contribution in [3.63, 3.8) is 0 Å². The highest BCUT2D eigenvalue weighted by Gasteiger charge is 1.98. The van der Waals surface area contributed by atoms with Crippen LogP contribution in [0.4, 0.5) is 0 Å². The molecule has 0 aromatic heterocycles. The first-order valence-electron chi connectivity index (χ1n) is 4.47. The van der Waals surface area contributed by atoms with Gasteiger partial charge in [0, 0.05) is 19.6 Å². The number of rotatable bonds is 8. The zero-order valence-corrected chi connectivity index (χ0v) is 7.75. The number of aliphatic hydroxyl groups is 1. The quantitative estimate of drug-likeness (QED) is 0.429.